The van der Waals surface area contributed by atoms with Crippen LogP contribution in [0.2, 0.25) is 0 Å². The lowest BCUT2D eigenvalue weighted by atomic mass is 10.1. The van der Waals surface area contributed by atoms with Crippen LogP contribution in [0.4, 0.5) is 14.9 Å². The van der Waals surface area contributed by atoms with Crippen molar-refractivity contribution in [2.45, 2.75) is 44.3 Å². The number of carbonyl (C=O) groups excluding carboxylic acids is 1. The number of carbonyl (C=O) groups is 1. The molecule has 1 aromatic heterocycles. The second-order valence-corrected chi connectivity index (χ2v) is 9.68. The van der Waals surface area contributed by atoms with E-state index in [-0.39, 0.29) is 22.5 Å². The predicted molar refractivity (Wildman–Crippen MR) is 122 cm³/mol. The Morgan fingerprint density at radius 2 is 1.81 bits per heavy atom. The predicted octanol–water partition coefficient (Wildman–Crippen LogP) is 2.73. The van der Waals surface area contributed by atoms with Crippen LogP contribution >= 0.6 is 0 Å². The molecule has 0 atom stereocenters. The van der Waals surface area contributed by atoms with Crippen LogP contribution in [0.5, 0.6) is 0 Å². The van der Waals surface area contributed by atoms with Crippen LogP contribution in [0.3, 0.4) is 0 Å². The van der Waals surface area contributed by atoms with E-state index in [2.05, 4.69) is 25.2 Å². The van der Waals surface area contributed by atoms with Crippen LogP contribution < -0.4 is 15.4 Å². The normalized spacial score (nSPS) is 15.5. The quantitative estimate of drug-likeness (QED) is 0.559. The number of likely N-dealkylation sites (tertiary alicyclic amines) is 1. The molecule has 8 nitrogen and oxygen atoms in total. The molecule has 0 saturated carbocycles. The van der Waals surface area contributed by atoms with Crippen molar-refractivity contribution in [1.82, 2.24) is 19.9 Å². The highest BCUT2D eigenvalue weighted by Crippen LogP contribution is 2.19. The molecule has 174 valence electrons. The van der Waals surface area contributed by atoms with Gasteiger partial charge >= 0.3 is 6.03 Å². The Morgan fingerprint density at radius 3 is 2.47 bits per heavy atom. The first-order valence-corrected chi connectivity index (χ1v) is 12.1. The Labute approximate surface area is 188 Å². The van der Waals surface area contributed by atoms with Crippen molar-refractivity contribution in [1.29, 1.82) is 0 Å². The number of benzene rings is 1. The highest BCUT2D eigenvalue weighted by atomic mass is 32.2. The van der Waals surface area contributed by atoms with Crippen LogP contribution in [0, 0.1) is 13.8 Å². The van der Waals surface area contributed by atoms with Crippen molar-refractivity contribution < 1.29 is 17.6 Å². The molecule has 1 fully saturated rings. The average Bonchev–Trinajstić information content (AvgIpc) is 2.74. The van der Waals surface area contributed by atoms with E-state index >= 15 is 0 Å². The highest BCUT2D eigenvalue weighted by Gasteiger charge is 2.26. The number of sulfonamides is 1. The maximum Gasteiger partial charge on any atom is 0.319 e. The zero-order valence-corrected chi connectivity index (χ0v) is 19.2. The van der Waals surface area contributed by atoms with Crippen molar-refractivity contribution >= 4 is 21.7 Å². The lowest BCUT2D eigenvalue weighted by molar-refractivity contribution is 0.206. The number of hydrogen-bond donors (Lipinski definition) is 3. The molecule has 0 aliphatic carbocycles. The summed E-state index contributed by atoms with van der Waals surface area (Å²) in [5, 5.41) is 5.65. The van der Waals surface area contributed by atoms with Crippen LogP contribution in [-0.2, 0) is 16.7 Å². The molecular weight excluding hydrogens is 433 g/mol. The minimum Gasteiger partial charge on any atom is -0.337 e. The SMILES string of the molecule is Cc1cc(NC(=O)NCCN2CCC(NS(=O)(=O)c3ccccc3CF)CC2)cc(C)n1. The lowest BCUT2D eigenvalue weighted by Crippen LogP contribution is -2.46. The number of rotatable bonds is 8. The number of halogens is 1. The Balaban J connectivity index is 1.41. The Morgan fingerprint density at radius 1 is 1.16 bits per heavy atom. The van der Waals surface area contributed by atoms with Gasteiger partial charge in [0.25, 0.3) is 0 Å². The van der Waals surface area contributed by atoms with Gasteiger partial charge in [-0.1, -0.05) is 18.2 Å². The number of nitrogens with zero attached hydrogens (tertiary/aromatic N) is 2. The molecule has 1 aromatic carbocycles. The molecule has 1 saturated heterocycles. The van der Waals surface area contributed by atoms with Gasteiger partial charge in [-0.3, -0.25) is 4.98 Å². The summed E-state index contributed by atoms with van der Waals surface area (Å²) < 4.78 is 41.2. The molecule has 0 spiro atoms. The molecule has 3 N–H and O–H groups in total. The van der Waals surface area contributed by atoms with Gasteiger partial charge in [0.1, 0.15) is 6.67 Å². The van der Waals surface area contributed by atoms with E-state index in [1.807, 2.05) is 26.0 Å². The molecule has 0 bridgehead atoms. The molecule has 10 heteroatoms. The Kier molecular flexibility index (Phi) is 8.16. The molecule has 1 aliphatic heterocycles. The summed E-state index contributed by atoms with van der Waals surface area (Å²) in [6, 6.07) is 9.28. The molecule has 3 rings (SSSR count). The summed E-state index contributed by atoms with van der Waals surface area (Å²) in [6.07, 6.45) is 1.30. The number of hydrogen-bond acceptors (Lipinski definition) is 5. The molecule has 2 aromatic rings. The van der Waals surface area contributed by atoms with E-state index in [9.17, 15) is 17.6 Å². The minimum atomic E-state index is -3.76. The van der Waals surface area contributed by atoms with E-state index in [1.165, 1.54) is 12.1 Å². The van der Waals surface area contributed by atoms with E-state index in [1.54, 1.807) is 12.1 Å². The molecule has 32 heavy (non-hydrogen) atoms. The third kappa shape index (κ3) is 6.72. The molecule has 0 radical (unpaired) electrons. The first-order valence-electron chi connectivity index (χ1n) is 10.7. The highest BCUT2D eigenvalue weighted by molar-refractivity contribution is 7.89. The van der Waals surface area contributed by atoms with Crippen LogP contribution in [-0.4, -0.2) is 56.6 Å². The van der Waals surface area contributed by atoms with Crippen molar-refractivity contribution in [3.8, 4) is 0 Å². The van der Waals surface area contributed by atoms with Crippen LogP contribution in [0.1, 0.15) is 29.8 Å². The fourth-order valence-electron chi connectivity index (χ4n) is 3.84. The Hall–Kier alpha value is -2.56. The number of pyridine rings is 1. The van der Waals surface area contributed by atoms with Gasteiger partial charge in [-0.25, -0.2) is 22.3 Å². The fraction of sp³-hybridized carbons (Fsp3) is 0.455. The smallest absolute Gasteiger partial charge is 0.319 e. The number of aryl methyl sites for hydroxylation is 2. The summed E-state index contributed by atoms with van der Waals surface area (Å²) in [5.41, 5.74) is 2.55. The maximum absolute atomic E-state index is 13.1. The molecule has 2 amide bonds. The largest absolute Gasteiger partial charge is 0.337 e. The topological polar surface area (TPSA) is 103 Å². The van der Waals surface area contributed by atoms with Gasteiger partial charge in [0.2, 0.25) is 10.0 Å². The van der Waals surface area contributed by atoms with Crippen LogP contribution in [0.15, 0.2) is 41.3 Å². The van der Waals surface area contributed by atoms with E-state index in [0.29, 0.717) is 44.7 Å². The van der Waals surface area contributed by atoms with Crippen LogP contribution in [0.25, 0.3) is 0 Å². The van der Waals surface area contributed by atoms with Gasteiger partial charge in [-0.2, -0.15) is 0 Å². The lowest BCUT2D eigenvalue weighted by Gasteiger charge is -2.32. The zero-order valence-electron chi connectivity index (χ0n) is 18.4. The summed E-state index contributed by atoms with van der Waals surface area (Å²) in [4.78, 5) is 18.6. The van der Waals surface area contributed by atoms with Crippen molar-refractivity contribution in [3.63, 3.8) is 0 Å². The monoisotopic (exact) mass is 463 g/mol. The fourth-order valence-corrected chi connectivity index (χ4v) is 5.37. The van der Waals surface area contributed by atoms with Gasteiger partial charge in [0.15, 0.2) is 0 Å². The summed E-state index contributed by atoms with van der Waals surface area (Å²) >= 11 is 0. The zero-order chi connectivity index (χ0) is 23.1. The summed E-state index contributed by atoms with van der Waals surface area (Å²) in [7, 11) is -3.76. The second-order valence-electron chi connectivity index (χ2n) is 8.00. The first-order chi connectivity index (χ1) is 15.3. The van der Waals surface area contributed by atoms with Gasteiger partial charge in [-0.15, -0.1) is 0 Å². The number of alkyl halides is 1. The average molecular weight is 464 g/mol. The number of amides is 2. The van der Waals surface area contributed by atoms with E-state index in [0.717, 1.165) is 11.4 Å². The number of aromatic nitrogens is 1. The van der Waals surface area contributed by atoms with E-state index in [4.69, 9.17) is 0 Å². The third-order valence-corrected chi connectivity index (χ3v) is 6.99. The van der Waals surface area contributed by atoms with Gasteiger partial charge < -0.3 is 15.5 Å². The molecule has 1 aliphatic rings. The van der Waals surface area contributed by atoms with Gasteiger partial charge in [0, 0.05) is 41.8 Å². The number of urea groups is 1. The third-order valence-electron chi connectivity index (χ3n) is 5.37. The number of anilines is 1. The van der Waals surface area contributed by atoms with Crippen molar-refractivity contribution in [2.75, 3.05) is 31.5 Å². The Bertz CT molecular complexity index is 1020. The van der Waals surface area contributed by atoms with Gasteiger partial charge in [0.05, 0.1) is 4.90 Å². The van der Waals surface area contributed by atoms with E-state index < -0.39 is 16.7 Å². The summed E-state index contributed by atoms with van der Waals surface area (Å²) in [6.45, 7) is 5.50. The molecule has 0 unspecified atom stereocenters. The maximum atomic E-state index is 13.1. The number of piperidine rings is 1. The minimum absolute atomic E-state index is 0.000253. The van der Waals surface area contributed by atoms with Crippen molar-refractivity contribution in [2.24, 2.45) is 0 Å². The van der Waals surface area contributed by atoms with Gasteiger partial charge in [-0.05, 0) is 58.0 Å². The summed E-state index contributed by atoms with van der Waals surface area (Å²) in [5.74, 6) is 0. The number of nitrogens with one attached hydrogen (secondary N) is 3. The second kappa shape index (κ2) is 10.8. The first kappa shape index (κ1) is 24.1. The molecule has 2 heterocycles. The standard InChI is InChI=1S/C22H30FN5O3S/c1-16-13-20(14-17(2)25-16)26-22(29)24-9-12-28-10-7-19(8-11-28)27-32(30,31)21-6-4-3-5-18(21)15-23/h3-6,13-14,19,27H,7-12,15H2,1-2H3,(H2,24,25,26,29). The molecular formula is C22H30FN5O3S. The van der Waals surface area contributed by atoms with Crippen molar-refractivity contribution in [3.05, 3.63) is 53.3 Å².